The van der Waals surface area contributed by atoms with E-state index in [9.17, 15) is 4.79 Å². The third-order valence-electron chi connectivity index (χ3n) is 6.18. The van der Waals surface area contributed by atoms with Gasteiger partial charge in [0, 0.05) is 37.3 Å². The van der Waals surface area contributed by atoms with Crippen molar-refractivity contribution in [3.8, 4) is 11.1 Å². The van der Waals surface area contributed by atoms with E-state index < -0.39 is 0 Å². The van der Waals surface area contributed by atoms with Crippen LogP contribution in [0.25, 0.3) is 11.1 Å². The molecule has 1 aromatic carbocycles. The Hall–Kier alpha value is -2.89. The Morgan fingerprint density at radius 2 is 1.79 bits per heavy atom. The molecular formula is C22H25N5O. The zero-order chi connectivity index (χ0) is 19.1. The number of benzene rings is 1. The first-order chi connectivity index (χ1) is 13.7. The second kappa shape index (κ2) is 6.93. The molecule has 3 aliphatic rings. The van der Waals surface area contributed by atoms with E-state index in [1.807, 2.05) is 24.4 Å². The Kier molecular flexibility index (Phi) is 4.26. The van der Waals surface area contributed by atoms with Crippen LogP contribution in [-0.2, 0) is 4.79 Å². The summed E-state index contributed by atoms with van der Waals surface area (Å²) in [4.78, 5) is 24.8. The van der Waals surface area contributed by atoms with Gasteiger partial charge >= 0.3 is 0 Å². The summed E-state index contributed by atoms with van der Waals surface area (Å²) in [6, 6.07) is 12.9. The molecule has 1 saturated carbocycles. The number of H-pyrrole nitrogens is 1. The van der Waals surface area contributed by atoms with Gasteiger partial charge in [0.25, 0.3) is 0 Å². The van der Waals surface area contributed by atoms with Crippen molar-refractivity contribution < 1.29 is 4.79 Å². The Balaban J connectivity index is 1.38. The molecule has 144 valence electrons. The minimum Gasteiger partial charge on any atom is -0.358 e. The minimum absolute atomic E-state index is 0.270. The fourth-order valence-electron chi connectivity index (χ4n) is 4.68. The fraction of sp³-hybridized carbons (Fsp3) is 0.409. The molecule has 28 heavy (non-hydrogen) atoms. The first-order valence-electron chi connectivity index (χ1n) is 10.1. The highest BCUT2D eigenvalue weighted by Crippen LogP contribution is 2.38. The summed E-state index contributed by atoms with van der Waals surface area (Å²) in [6.07, 6.45) is 7.36. The summed E-state index contributed by atoms with van der Waals surface area (Å²) in [5.41, 5.74) is 3.18. The molecule has 2 aliphatic heterocycles. The quantitative estimate of drug-likeness (QED) is 0.636. The largest absolute Gasteiger partial charge is 0.358 e. The summed E-state index contributed by atoms with van der Waals surface area (Å²) in [7, 11) is 0. The van der Waals surface area contributed by atoms with Gasteiger partial charge < -0.3 is 14.8 Å². The predicted molar refractivity (Wildman–Crippen MR) is 110 cm³/mol. The number of carbonyl (C=O) groups excluding carboxylic acids is 1. The van der Waals surface area contributed by atoms with E-state index in [0.717, 1.165) is 67.8 Å². The standard InChI is InChI=1S/C22H25N5O/c23-14-25-21(20-10-17(11-24-20)15-4-2-1-3-5-15)26-12-18-8-9-19(13-26)27(18)22(28)16-6-7-16/h1-5,10-11,14,16,18-19,23-24H,6-9,12-13H2/b23-14?,25-21+. The van der Waals surface area contributed by atoms with Crippen LogP contribution in [0.1, 0.15) is 31.4 Å². The van der Waals surface area contributed by atoms with Gasteiger partial charge in [-0.3, -0.25) is 10.2 Å². The van der Waals surface area contributed by atoms with Crippen molar-refractivity contribution >= 4 is 18.1 Å². The van der Waals surface area contributed by atoms with Crippen molar-refractivity contribution in [1.29, 1.82) is 5.41 Å². The van der Waals surface area contributed by atoms with Gasteiger partial charge in [-0.1, -0.05) is 30.3 Å². The molecule has 1 amide bonds. The summed E-state index contributed by atoms with van der Waals surface area (Å²) in [5, 5.41) is 7.54. The summed E-state index contributed by atoms with van der Waals surface area (Å²) in [6.45, 7) is 1.59. The highest BCUT2D eigenvalue weighted by Gasteiger charge is 2.47. The van der Waals surface area contributed by atoms with Crippen molar-refractivity contribution in [3.05, 3.63) is 48.3 Å². The van der Waals surface area contributed by atoms with E-state index >= 15 is 0 Å². The number of nitrogens with one attached hydrogen (secondary N) is 2. The van der Waals surface area contributed by atoms with E-state index in [-0.39, 0.29) is 18.0 Å². The number of hydrogen-bond donors (Lipinski definition) is 2. The molecule has 0 spiro atoms. The van der Waals surface area contributed by atoms with Crippen LogP contribution in [0.2, 0.25) is 0 Å². The molecule has 2 aromatic rings. The van der Waals surface area contributed by atoms with Crippen LogP contribution in [0.3, 0.4) is 0 Å². The number of carbonyl (C=O) groups is 1. The van der Waals surface area contributed by atoms with Crippen molar-refractivity contribution in [1.82, 2.24) is 14.8 Å². The lowest BCUT2D eigenvalue weighted by Gasteiger charge is -2.42. The van der Waals surface area contributed by atoms with Gasteiger partial charge in [0.15, 0.2) is 5.84 Å². The van der Waals surface area contributed by atoms with Crippen molar-refractivity contribution in [2.45, 2.75) is 37.8 Å². The van der Waals surface area contributed by atoms with E-state index in [0.29, 0.717) is 5.91 Å². The lowest BCUT2D eigenvalue weighted by atomic mass is 10.1. The second-order valence-electron chi connectivity index (χ2n) is 8.06. The van der Waals surface area contributed by atoms with Gasteiger partial charge in [0.1, 0.15) is 6.34 Å². The molecule has 2 saturated heterocycles. The van der Waals surface area contributed by atoms with E-state index in [1.54, 1.807) is 0 Å². The molecule has 1 aliphatic carbocycles. The lowest BCUT2D eigenvalue weighted by molar-refractivity contribution is -0.137. The number of amidine groups is 1. The smallest absolute Gasteiger partial charge is 0.226 e. The highest BCUT2D eigenvalue weighted by atomic mass is 16.2. The van der Waals surface area contributed by atoms with Crippen LogP contribution < -0.4 is 0 Å². The monoisotopic (exact) mass is 375 g/mol. The molecule has 6 nitrogen and oxygen atoms in total. The third-order valence-corrected chi connectivity index (χ3v) is 6.18. The van der Waals surface area contributed by atoms with Crippen molar-refractivity contribution in [3.63, 3.8) is 0 Å². The zero-order valence-electron chi connectivity index (χ0n) is 15.8. The van der Waals surface area contributed by atoms with E-state index in [1.165, 1.54) is 0 Å². The van der Waals surface area contributed by atoms with Gasteiger partial charge in [0.2, 0.25) is 5.91 Å². The Labute approximate surface area is 164 Å². The molecule has 0 radical (unpaired) electrons. The normalized spacial score (nSPS) is 24.5. The zero-order valence-corrected chi connectivity index (χ0v) is 15.8. The molecule has 3 heterocycles. The van der Waals surface area contributed by atoms with Crippen LogP contribution >= 0.6 is 0 Å². The number of aromatic nitrogens is 1. The second-order valence-corrected chi connectivity index (χ2v) is 8.06. The van der Waals surface area contributed by atoms with Gasteiger partial charge in [-0.2, -0.15) is 0 Å². The number of piperazine rings is 1. The summed E-state index contributed by atoms with van der Waals surface area (Å²) >= 11 is 0. The summed E-state index contributed by atoms with van der Waals surface area (Å²) in [5.74, 6) is 1.44. The fourth-order valence-corrected chi connectivity index (χ4v) is 4.68. The number of aromatic amines is 1. The average Bonchev–Trinajstić information content (AvgIpc) is 3.40. The number of amides is 1. The van der Waals surface area contributed by atoms with E-state index in [2.05, 4.69) is 38.0 Å². The number of rotatable bonds is 4. The minimum atomic E-state index is 0.270. The van der Waals surface area contributed by atoms with Crippen LogP contribution in [0.4, 0.5) is 0 Å². The maximum Gasteiger partial charge on any atom is 0.226 e. The molecule has 5 rings (SSSR count). The Bertz CT molecular complexity index is 900. The van der Waals surface area contributed by atoms with E-state index in [4.69, 9.17) is 5.41 Å². The molecule has 2 bridgehead atoms. The van der Waals surface area contributed by atoms with Crippen LogP contribution in [0.15, 0.2) is 47.6 Å². The topological polar surface area (TPSA) is 75.6 Å². The van der Waals surface area contributed by atoms with Crippen LogP contribution in [-0.4, -0.2) is 58.0 Å². The SMILES string of the molecule is N=C/N=C(\c1cc(-c2ccccc2)c[nH]1)N1CC2CCC(C1)N2C(=O)C1CC1. The molecule has 2 atom stereocenters. The number of likely N-dealkylation sites (tertiary alicyclic amines) is 1. The first kappa shape index (κ1) is 17.2. The maximum atomic E-state index is 12.7. The van der Waals surface area contributed by atoms with Crippen LogP contribution in [0.5, 0.6) is 0 Å². The van der Waals surface area contributed by atoms with Gasteiger partial charge in [-0.25, -0.2) is 4.99 Å². The van der Waals surface area contributed by atoms with Gasteiger partial charge in [-0.15, -0.1) is 0 Å². The van der Waals surface area contributed by atoms with Gasteiger partial charge in [-0.05, 0) is 42.9 Å². The van der Waals surface area contributed by atoms with Gasteiger partial charge in [0.05, 0.1) is 5.69 Å². The van der Waals surface area contributed by atoms with Crippen molar-refractivity contribution in [2.24, 2.45) is 10.9 Å². The predicted octanol–water partition coefficient (Wildman–Crippen LogP) is 3.12. The molecule has 2 N–H and O–H groups in total. The average molecular weight is 375 g/mol. The number of fused-ring (bicyclic) bond motifs is 2. The molecule has 3 fully saturated rings. The molecular weight excluding hydrogens is 350 g/mol. The summed E-state index contributed by atoms with van der Waals surface area (Å²) < 4.78 is 0. The third kappa shape index (κ3) is 3.03. The Morgan fingerprint density at radius 1 is 1.07 bits per heavy atom. The van der Waals surface area contributed by atoms with Crippen LogP contribution in [0, 0.1) is 11.3 Å². The lowest BCUT2D eigenvalue weighted by Crippen LogP contribution is -2.57. The molecule has 1 aromatic heterocycles. The number of aliphatic imine (C=N–C) groups is 1. The number of nitrogens with zero attached hydrogens (tertiary/aromatic N) is 3. The maximum absolute atomic E-state index is 12.7. The highest BCUT2D eigenvalue weighted by molar-refractivity contribution is 6.02. The Morgan fingerprint density at radius 3 is 2.43 bits per heavy atom. The molecule has 2 unspecified atom stereocenters. The first-order valence-corrected chi connectivity index (χ1v) is 10.1. The number of hydrogen-bond acceptors (Lipinski definition) is 2. The molecule has 6 heteroatoms. The van der Waals surface area contributed by atoms with Crippen molar-refractivity contribution in [2.75, 3.05) is 13.1 Å².